The minimum atomic E-state index is -4.75. The summed E-state index contributed by atoms with van der Waals surface area (Å²) < 4.78 is 40.0. The molecule has 1 N–H and O–H groups in total. The monoisotopic (exact) mass is 460 g/mol. The number of carbonyl (C=O) groups excluding carboxylic acids is 2. The first-order valence-electron chi connectivity index (χ1n) is 9.68. The number of hydrogen-bond acceptors (Lipinski definition) is 3. The normalized spacial score (nSPS) is 16.7. The van der Waals surface area contributed by atoms with Gasteiger partial charge in [0, 0.05) is 23.9 Å². The molecule has 1 atom stereocenters. The van der Waals surface area contributed by atoms with Crippen LogP contribution in [0.3, 0.4) is 0 Å². The molecule has 2 amide bonds. The third-order valence-electron chi connectivity index (χ3n) is 5.35. The minimum absolute atomic E-state index is 0.220. The van der Waals surface area contributed by atoms with E-state index in [9.17, 15) is 27.6 Å². The van der Waals surface area contributed by atoms with Crippen molar-refractivity contribution in [2.45, 2.75) is 24.9 Å². The molecule has 9 heteroatoms. The van der Waals surface area contributed by atoms with E-state index in [1.165, 1.54) is 24.4 Å². The van der Waals surface area contributed by atoms with Crippen LogP contribution < -0.4 is 10.9 Å². The molecule has 0 spiro atoms. The molecule has 164 valence electrons. The minimum Gasteiger partial charge on any atom is -0.296 e. The van der Waals surface area contributed by atoms with Gasteiger partial charge in [0.05, 0.1) is 10.9 Å². The summed E-state index contributed by atoms with van der Waals surface area (Å²) in [6.45, 7) is 0. The van der Waals surface area contributed by atoms with Gasteiger partial charge in [-0.3, -0.25) is 24.3 Å². The van der Waals surface area contributed by atoms with Crippen LogP contribution in [-0.4, -0.2) is 16.4 Å². The number of piperidine rings is 1. The van der Waals surface area contributed by atoms with Crippen molar-refractivity contribution in [3.63, 3.8) is 0 Å². The maximum Gasteiger partial charge on any atom is 0.421 e. The molecule has 1 saturated heterocycles. The van der Waals surface area contributed by atoms with Gasteiger partial charge in [-0.25, -0.2) is 0 Å². The van der Waals surface area contributed by atoms with Crippen LogP contribution in [0.5, 0.6) is 0 Å². The summed E-state index contributed by atoms with van der Waals surface area (Å²) in [4.78, 5) is 35.9. The van der Waals surface area contributed by atoms with Crippen molar-refractivity contribution < 1.29 is 22.8 Å². The van der Waals surface area contributed by atoms with Gasteiger partial charge in [-0.1, -0.05) is 41.9 Å². The van der Waals surface area contributed by atoms with E-state index in [1.807, 2.05) is 0 Å². The summed E-state index contributed by atoms with van der Waals surface area (Å²) in [6.07, 6.45) is -2.91. The quantitative estimate of drug-likeness (QED) is 0.576. The lowest BCUT2D eigenvalue weighted by Crippen LogP contribution is -2.39. The molecule has 5 nitrogen and oxygen atoms in total. The van der Waals surface area contributed by atoms with Crippen molar-refractivity contribution in [1.82, 2.24) is 9.88 Å². The number of imide groups is 1. The molecule has 3 aromatic rings. The molecule has 0 aliphatic carbocycles. The fourth-order valence-electron chi connectivity index (χ4n) is 3.75. The Kier molecular flexibility index (Phi) is 5.64. The molecule has 1 aromatic heterocycles. The Hall–Kier alpha value is -3.39. The highest BCUT2D eigenvalue weighted by Crippen LogP contribution is 2.37. The highest BCUT2D eigenvalue weighted by Gasteiger charge is 2.34. The summed E-state index contributed by atoms with van der Waals surface area (Å²) in [5.41, 5.74) is -0.269. The van der Waals surface area contributed by atoms with Gasteiger partial charge in [0.2, 0.25) is 11.8 Å². The number of benzene rings is 2. The third kappa shape index (κ3) is 4.05. The number of carbonyl (C=O) groups is 2. The predicted octanol–water partition coefficient (Wildman–Crippen LogP) is 4.70. The number of rotatable bonds is 3. The second-order valence-electron chi connectivity index (χ2n) is 7.35. The van der Waals surface area contributed by atoms with E-state index in [0.29, 0.717) is 28.1 Å². The first kappa shape index (κ1) is 21.8. The van der Waals surface area contributed by atoms with Gasteiger partial charge in [0.15, 0.2) is 0 Å². The van der Waals surface area contributed by atoms with Crippen LogP contribution in [0.1, 0.15) is 29.9 Å². The Morgan fingerprint density at radius 1 is 0.969 bits per heavy atom. The molecule has 4 rings (SSSR count). The smallest absolute Gasteiger partial charge is 0.296 e. The molecule has 1 fully saturated rings. The van der Waals surface area contributed by atoms with Gasteiger partial charge in [0.1, 0.15) is 5.56 Å². The lowest BCUT2D eigenvalue weighted by atomic mass is 9.88. The van der Waals surface area contributed by atoms with Gasteiger partial charge in [-0.15, -0.1) is 0 Å². The molecule has 1 unspecified atom stereocenters. The molecule has 1 aliphatic rings. The summed E-state index contributed by atoms with van der Waals surface area (Å²) in [7, 11) is 0. The Balaban J connectivity index is 1.69. The van der Waals surface area contributed by atoms with Gasteiger partial charge in [-0.05, 0) is 41.8 Å². The second kappa shape index (κ2) is 8.27. The zero-order valence-corrected chi connectivity index (χ0v) is 17.2. The number of alkyl halides is 3. The number of nitrogens with zero attached hydrogens (tertiary/aromatic N) is 1. The van der Waals surface area contributed by atoms with Crippen molar-refractivity contribution in [3.8, 4) is 16.8 Å². The second-order valence-corrected chi connectivity index (χ2v) is 7.73. The maximum atomic E-state index is 13.0. The molecule has 0 bridgehead atoms. The Bertz CT molecular complexity index is 1270. The number of pyridine rings is 1. The number of amides is 2. The van der Waals surface area contributed by atoms with E-state index in [4.69, 9.17) is 11.6 Å². The molecule has 2 aromatic carbocycles. The average Bonchev–Trinajstić information content (AvgIpc) is 2.74. The first-order valence-corrected chi connectivity index (χ1v) is 10.1. The van der Waals surface area contributed by atoms with E-state index in [-0.39, 0.29) is 18.0 Å². The van der Waals surface area contributed by atoms with Gasteiger partial charge < -0.3 is 0 Å². The Morgan fingerprint density at radius 2 is 1.69 bits per heavy atom. The van der Waals surface area contributed by atoms with E-state index < -0.39 is 29.1 Å². The fraction of sp³-hybridized carbons (Fsp3) is 0.174. The fourth-order valence-corrected chi connectivity index (χ4v) is 4.11. The predicted molar refractivity (Wildman–Crippen MR) is 113 cm³/mol. The molecule has 0 saturated carbocycles. The third-order valence-corrected chi connectivity index (χ3v) is 5.77. The highest BCUT2D eigenvalue weighted by molar-refractivity contribution is 6.34. The molecule has 0 radical (unpaired) electrons. The largest absolute Gasteiger partial charge is 0.421 e. The molecule has 1 aliphatic heterocycles. The van der Waals surface area contributed by atoms with Crippen LogP contribution in [0.4, 0.5) is 13.2 Å². The molecule has 2 heterocycles. The van der Waals surface area contributed by atoms with Crippen molar-refractivity contribution in [2.24, 2.45) is 0 Å². The number of hydrogen-bond donors (Lipinski definition) is 1. The molecular formula is C23H16ClF3N2O3. The van der Waals surface area contributed by atoms with E-state index in [0.717, 1.165) is 10.6 Å². The van der Waals surface area contributed by atoms with Crippen LogP contribution in [0.15, 0.2) is 65.6 Å². The van der Waals surface area contributed by atoms with Crippen molar-refractivity contribution in [2.75, 3.05) is 0 Å². The zero-order valence-electron chi connectivity index (χ0n) is 16.4. The SMILES string of the molecule is O=C1CCC(c2cccc(-c3ccc(-n4cccc(C(F)(F)F)c4=O)cc3)c2Cl)C(=O)N1. The maximum absolute atomic E-state index is 13.0. The van der Waals surface area contributed by atoms with Gasteiger partial charge >= 0.3 is 6.18 Å². The summed E-state index contributed by atoms with van der Waals surface area (Å²) in [5, 5.41) is 2.66. The number of aromatic nitrogens is 1. The summed E-state index contributed by atoms with van der Waals surface area (Å²) in [5.74, 6) is -1.28. The standard InChI is InChI=1S/C23H16ClF3N2O3/c24-20-15(3-1-4-16(20)17-10-11-19(30)28-21(17)31)13-6-8-14(9-7-13)29-12-2-5-18(22(29)32)23(25,26)27/h1-9,12,17H,10-11H2,(H,28,30,31). The first-order chi connectivity index (χ1) is 15.2. The Labute approximate surface area is 185 Å². The van der Waals surface area contributed by atoms with Crippen molar-refractivity contribution in [1.29, 1.82) is 0 Å². The van der Waals surface area contributed by atoms with E-state index in [1.54, 1.807) is 30.3 Å². The number of halogens is 4. The van der Waals surface area contributed by atoms with Gasteiger partial charge in [0.25, 0.3) is 5.56 Å². The van der Waals surface area contributed by atoms with E-state index >= 15 is 0 Å². The van der Waals surface area contributed by atoms with Crippen LogP contribution in [0.25, 0.3) is 16.8 Å². The van der Waals surface area contributed by atoms with Crippen molar-refractivity contribution in [3.05, 3.63) is 87.3 Å². The van der Waals surface area contributed by atoms with Crippen molar-refractivity contribution >= 4 is 23.4 Å². The summed E-state index contributed by atoms with van der Waals surface area (Å²) >= 11 is 6.59. The van der Waals surface area contributed by atoms with Crippen LogP contribution in [-0.2, 0) is 15.8 Å². The molecule has 32 heavy (non-hydrogen) atoms. The van der Waals surface area contributed by atoms with Gasteiger partial charge in [-0.2, -0.15) is 13.2 Å². The van der Waals surface area contributed by atoms with Crippen LogP contribution in [0.2, 0.25) is 5.02 Å². The summed E-state index contributed by atoms with van der Waals surface area (Å²) in [6, 6.07) is 13.4. The number of nitrogens with one attached hydrogen (secondary N) is 1. The molecular weight excluding hydrogens is 445 g/mol. The highest BCUT2D eigenvalue weighted by atomic mass is 35.5. The van der Waals surface area contributed by atoms with Crippen LogP contribution in [0, 0.1) is 0 Å². The Morgan fingerprint density at radius 3 is 2.34 bits per heavy atom. The van der Waals surface area contributed by atoms with E-state index in [2.05, 4.69) is 5.32 Å². The van der Waals surface area contributed by atoms with Crippen LogP contribution >= 0.6 is 11.6 Å². The lowest BCUT2D eigenvalue weighted by molar-refractivity contribution is -0.139. The zero-order chi connectivity index (χ0) is 23.0. The topological polar surface area (TPSA) is 68.2 Å². The lowest BCUT2D eigenvalue weighted by Gasteiger charge is -2.23. The average molecular weight is 461 g/mol.